The number of ketones is 1. The van der Waals surface area contributed by atoms with E-state index in [2.05, 4.69) is 19.9 Å². The molecule has 15 heteroatoms. The Morgan fingerprint density at radius 3 is 2.38 bits per heavy atom. The number of rotatable bonds is 9. The van der Waals surface area contributed by atoms with E-state index in [1.807, 2.05) is 0 Å². The third-order valence-corrected chi connectivity index (χ3v) is 6.23. The number of hydrogen-bond acceptors (Lipinski definition) is 9. The Morgan fingerprint density at radius 1 is 1.11 bits per heavy atom. The van der Waals surface area contributed by atoms with Crippen LogP contribution in [0.2, 0.25) is 0 Å². The topological polar surface area (TPSA) is 150 Å². The van der Waals surface area contributed by atoms with Crippen LogP contribution in [0, 0.1) is 5.92 Å². The number of amides is 1. The van der Waals surface area contributed by atoms with E-state index in [1.165, 1.54) is 0 Å². The Morgan fingerprint density at radius 2 is 1.78 bits per heavy atom. The zero-order valence-electron chi connectivity index (χ0n) is 19.5. The largest absolute Gasteiger partial charge is 0.463 e. The molecule has 4 N–H and O–H groups in total. The minimum atomic E-state index is -4.55. The number of nitrogens with two attached hydrogens (primary N) is 2. The van der Waals surface area contributed by atoms with Crippen molar-refractivity contribution >= 4 is 23.3 Å². The van der Waals surface area contributed by atoms with Crippen LogP contribution in [-0.2, 0) is 0 Å². The average molecular weight is 529 g/mol. The van der Waals surface area contributed by atoms with E-state index < -0.39 is 61.0 Å². The summed E-state index contributed by atoms with van der Waals surface area (Å²) in [4.78, 5) is 41.8. The summed E-state index contributed by atoms with van der Waals surface area (Å²) in [5.74, 6) is -6.19. The smallest absolute Gasteiger partial charge is 0.389 e. The number of primary amides is 1. The van der Waals surface area contributed by atoms with Gasteiger partial charge in [0.15, 0.2) is 5.69 Å². The summed E-state index contributed by atoms with van der Waals surface area (Å²) in [6, 6.07) is 2.84. The van der Waals surface area contributed by atoms with Crippen LogP contribution in [0.3, 0.4) is 0 Å². The average Bonchev–Trinajstić information content (AvgIpc) is 3.47. The Balaban J connectivity index is 1.49. The quantitative estimate of drug-likeness (QED) is 0.369. The Labute approximate surface area is 207 Å². The lowest BCUT2D eigenvalue weighted by molar-refractivity contribution is -0.133. The molecule has 2 fully saturated rings. The maximum Gasteiger partial charge on any atom is 0.389 e. The molecular formula is C22H24F5N7O3. The van der Waals surface area contributed by atoms with Crippen molar-refractivity contribution < 1.29 is 36.3 Å². The predicted octanol–water partition coefficient (Wildman–Crippen LogP) is 2.89. The summed E-state index contributed by atoms with van der Waals surface area (Å²) in [5, 5.41) is 0. The van der Waals surface area contributed by atoms with Crippen molar-refractivity contribution in [2.45, 2.75) is 50.1 Å². The number of carbonyl (C=O) groups excluding carboxylic acids is 2. The number of anilines is 2. The van der Waals surface area contributed by atoms with Gasteiger partial charge in [-0.15, -0.1) is 0 Å². The summed E-state index contributed by atoms with van der Waals surface area (Å²) in [5.41, 5.74) is 11.8. The molecule has 1 saturated heterocycles. The third-order valence-electron chi connectivity index (χ3n) is 6.23. The van der Waals surface area contributed by atoms with Crippen molar-refractivity contribution in [3.05, 3.63) is 29.3 Å². The van der Waals surface area contributed by atoms with Gasteiger partial charge in [-0.05, 0) is 25.0 Å². The maximum absolute atomic E-state index is 13.2. The summed E-state index contributed by atoms with van der Waals surface area (Å²) in [6.07, 6.45) is -6.07. The molecule has 10 nitrogen and oxygen atoms in total. The van der Waals surface area contributed by atoms with E-state index in [-0.39, 0.29) is 29.7 Å². The molecule has 1 saturated carbocycles. The number of carbonyl (C=O) groups is 2. The van der Waals surface area contributed by atoms with Gasteiger partial charge in [-0.25, -0.2) is 13.8 Å². The number of hydrogen-bond donors (Lipinski definition) is 2. The lowest BCUT2D eigenvalue weighted by Crippen LogP contribution is -2.35. The van der Waals surface area contributed by atoms with Gasteiger partial charge in [0.1, 0.15) is 6.61 Å². The number of aromatic nitrogens is 4. The van der Waals surface area contributed by atoms with Gasteiger partial charge in [0, 0.05) is 37.5 Å². The van der Waals surface area contributed by atoms with Crippen LogP contribution >= 0.6 is 0 Å². The molecular weight excluding hydrogens is 505 g/mol. The number of nitrogens with zero attached hydrogens (tertiary/aromatic N) is 5. The number of pyridine rings is 1. The fourth-order valence-corrected chi connectivity index (χ4v) is 3.95. The first-order chi connectivity index (χ1) is 17.3. The first kappa shape index (κ1) is 26.4. The van der Waals surface area contributed by atoms with Crippen molar-refractivity contribution in [1.29, 1.82) is 0 Å². The highest BCUT2D eigenvalue weighted by atomic mass is 19.4. The second-order valence-corrected chi connectivity index (χ2v) is 9.05. The van der Waals surface area contributed by atoms with E-state index in [0.29, 0.717) is 31.6 Å². The zero-order chi connectivity index (χ0) is 27.0. The number of Topliss-reactive ketones (excluding diaryl/α,β-unsaturated/α-hetero) is 1. The van der Waals surface area contributed by atoms with Gasteiger partial charge in [0.25, 0.3) is 11.8 Å². The molecule has 1 amide bonds. The van der Waals surface area contributed by atoms with Gasteiger partial charge in [0.05, 0.1) is 18.0 Å². The van der Waals surface area contributed by atoms with E-state index in [9.17, 15) is 31.5 Å². The number of ether oxygens (including phenoxy) is 1. The summed E-state index contributed by atoms with van der Waals surface area (Å²) >= 11 is 0. The molecule has 0 bridgehead atoms. The molecule has 1 aliphatic carbocycles. The van der Waals surface area contributed by atoms with Gasteiger partial charge in [-0.2, -0.15) is 28.1 Å². The highest BCUT2D eigenvalue weighted by Gasteiger charge is 2.57. The molecule has 2 aromatic rings. The molecule has 1 aliphatic heterocycles. The van der Waals surface area contributed by atoms with Gasteiger partial charge in [-0.1, -0.05) is 0 Å². The van der Waals surface area contributed by atoms with Crippen molar-refractivity contribution in [2.75, 3.05) is 30.3 Å². The second kappa shape index (κ2) is 10.0. The number of nitrogen functional groups attached to an aromatic ring is 1. The maximum atomic E-state index is 13.2. The van der Waals surface area contributed by atoms with E-state index in [0.717, 1.165) is 0 Å². The molecule has 2 aliphatic rings. The minimum Gasteiger partial charge on any atom is -0.463 e. The number of alkyl halides is 5. The molecule has 2 aromatic heterocycles. The van der Waals surface area contributed by atoms with Gasteiger partial charge in [-0.3, -0.25) is 9.59 Å². The standard InChI is InChI=1S/C22H24F5N7O3/c23-21(24)9-12(21)10-37-20-32-18(15(35)3-6-22(25,26)27)31-19(33-20)34-7-4-11(5-8-34)14-2-1-13(28)16(30-14)17(29)36/h1-2,11-12H,3-10,28H2,(H2,29,36)/t12-/m0/s1. The lowest BCUT2D eigenvalue weighted by Gasteiger charge is -2.32. The monoisotopic (exact) mass is 529 g/mol. The number of piperidine rings is 1. The first-order valence-electron chi connectivity index (χ1n) is 11.5. The van der Waals surface area contributed by atoms with Crippen LogP contribution in [0.15, 0.2) is 12.1 Å². The fourth-order valence-electron chi connectivity index (χ4n) is 3.95. The fraction of sp³-hybridized carbons (Fsp3) is 0.545. The van der Waals surface area contributed by atoms with Crippen molar-refractivity contribution in [3.63, 3.8) is 0 Å². The molecule has 3 heterocycles. The molecule has 0 aromatic carbocycles. The molecule has 0 spiro atoms. The van der Waals surface area contributed by atoms with E-state index in [4.69, 9.17) is 16.2 Å². The Hall–Kier alpha value is -3.65. The minimum absolute atomic E-state index is 0.00976. The highest BCUT2D eigenvalue weighted by molar-refractivity contribution is 5.95. The van der Waals surface area contributed by atoms with Gasteiger partial charge >= 0.3 is 12.2 Å². The van der Waals surface area contributed by atoms with Crippen LogP contribution in [0.4, 0.5) is 33.6 Å². The Bertz CT molecular complexity index is 1190. The predicted molar refractivity (Wildman–Crippen MR) is 119 cm³/mol. The molecule has 37 heavy (non-hydrogen) atoms. The molecule has 4 rings (SSSR count). The normalized spacial score (nSPS) is 19.5. The summed E-state index contributed by atoms with van der Waals surface area (Å²) in [6.45, 7) is 0.325. The van der Waals surface area contributed by atoms with E-state index in [1.54, 1.807) is 17.0 Å². The van der Waals surface area contributed by atoms with Crippen LogP contribution in [0.5, 0.6) is 6.01 Å². The molecule has 0 unspecified atom stereocenters. The Kier molecular flexibility index (Phi) is 7.15. The zero-order valence-corrected chi connectivity index (χ0v) is 19.5. The van der Waals surface area contributed by atoms with Gasteiger partial charge in [0.2, 0.25) is 17.6 Å². The molecule has 1 atom stereocenters. The first-order valence-corrected chi connectivity index (χ1v) is 11.5. The van der Waals surface area contributed by atoms with Crippen molar-refractivity contribution in [3.8, 4) is 6.01 Å². The second-order valence-electron chi connectivity index (χ2n) is 9.05. The van der Waals surface area contributed by atoms with Crippen molar-refractivity contribution in [2.24, 2.45) is 11.7 Å². The summed E-state index contributed by atoms with van der Waals surface area (Å²) in [7, 11) is 0. The van der Waals surface area contributed by atoms with Crippen LogP contribution in [0.1, 0.15) is 64.8 Å². The van der Waals surface area contributed by atoms with Crippen LogP contribution in [-0.4, -0.2) is 63.4 Å². The third kappa shape index (κ3) is 6.57. The number of halogens is 5. The summed E-state index contributed by atoms with van der Waals surface area (Å²) < 4.78 is 69.5. The molecule has 0 radical (unpaired) electrons. The lowest BCUT2D eigenvalue weighted by atomic mass is 9.93. The van der Waals surface area contributed by atoms with E-state index >= 15 is 0 Å². The van der Waals surface area contributed by atoms with Crippen LogP contribution < -0.4 is 21.1 Å². The van der Waals surface area contributed by atoms with Crippen molar-refractivity contribution in [1.82, 2.24) is 19.9 Å². The SMILES string of the molecule is NC(=O)c1nc(C2CCN(c3nc(OC[C@@H]4CC4(F)F)nc(C(=O)CCC(F)(F)F)n3)CC2)ccc1N. The highest BCUT2D eigenvalue weighted by Crippen LogP contribution is 2.48. The molecule has 200 valence electrons. The van der Waals surface area contributed by atoms with Crippen LogP contribution in [0.25, 0.3) is 0 Å². The van der Waals surface area contributed by atoms with Gasteiger partial charge < -0.3 is 21.1 Å².